The van der Waals surface area contributed by atoms with Crippen molar-refractivity contribution in [3.05, 3.63) is 22.5 Å². The number of aliphatic hydroxyl groups is 1. The number of nitro groups is 1. The van der Waals surface area contributed by atoms with E-state index in [1.54, 1.807) is 0 Å². The molecule has 3 heterocycles. The zero-order valence-electron chi connectivity index (χ0n) is 11.4. The zero-order valence-corrected chi connectivity index (χ0v) is 11.4. The van der Waals surface area contributed by atoms with Crippen molar-refractivity contribution in [1.82, 2.24) is 19.4 Å². The molecule has 1 aromatic rings. The Kier molecular flexibility index (Phi) is 3.45. The molecule has 110 valence electrons. The van der Waals surface area contributed by atoms with Gasteiger partial charge in [0.2, 0.25) is 0 Å². The van der Waals surface area contributed by atoms with Crippen molar-refractivity contribution < 1.29 is 10.0 Å². The molecule has 0 saturated carbocycles. The van der Waals surface area contributed by atoms with Crippen molar-refractivity contribution in [2.45, 2.75) is 31.2 Å². The van der Waals surface area contributed by atoms with Crippen molar-refractivity contribution in [1.29, 1.82) is 0 Å². The number of piperidine rings is 1. The van der Waals surface area contributed by atoms with E-state index in [0.29, 0.717) is 18.6 Å². The van der Waals surface area contributed by atoms with Gasteiger partial charge in [-0.15, -0.1) is 0 Å². The van der Waals surface area contributed by atoms with Gasteiger partial charge in [-0.1, -0.05) is 4.98 Å². The lowest BCUT2D eigenvalue weighted by Gasteiger charge is -2.18. The first-order valence-corrected chi connectivity index (χ1v) is 6.84. The molecule has 0 spiro atoms. The molecule has 4 unspecified atom stereocenters. The van der Waals surface area contributed by atoms with Gasteiger partial charge in [0.15, 0.2) is 0 Å². The molecule has 1 aromatic heterocycles. The van der Waals surface area contributed by atoms with Crippen LogP contribution in [-0.4, -0.2) is 74.3 Å². The predicted molar refractivity (Wildman–Crippen MR) is 71.3 cm³/mol. The molecular formula is C12H19N5O3. The van der Waals surface area contributed by atoms with Crippen LogP contribution in [0.15, 0.2) is 12.4 Å². The first-order chi connectivity index (χ1) is 9.56. The van der Waals surface area contributed by atoms with Crippen molar-refractivity contribution in [3.8, 4) is 0 Å². The Morgan fingerprint density at radius 2 is 2.35 bits per heavy atom. The molecule has 2 saturated heterocycles. The number of likely N-dealkylation sites (tertiary alicyclic amines) is 1. The van der Waals surface area contributed by atoms with Crippen molar-refractivity contribution in [2.75, 3.05) is 26.7 Å². The number of hydrogen-bond acceptors (Lipinski definition) is 6. The summed E-state index contributed by atoms with van der Waals surface area (Å²) in [5.41, 5.74) is 0. The largest absolute Gasteiger partial charge is 0.434 e. The van der Waals surface area contributed by atoms with Crippen LogP contribution in [0.5, 0.6) is 0 Å². The number of β-amino-alcohol motifs (C(OH)–C–C–N with tert-alkyl or cyclic N) is 1. The van der Waals surface area contributed by atoms with Gasteiger partial charge < -0.3 is 20.1 Å². The first kappa shape index (κ1) is 13.5. The summed E-state index contributed by atoms with van der Waals surface area (Å²) >= 11 is 0. The number of rotatable bonds is 5. The van der Waals surface area contributed by atoms with Gasteiger partial charge in [0.05, 0.1) is 12.6 Å². The minimum Gasteiger partial charge on any atom is -0.390 e. The Labute approximate surface area is 116 Å². The Morgan fingerprint density at radius 3 is 3.05 bits per heavy atom. The summed E-state index contributed by atoms with van der Waals surface area (Å²) in [6.45, 7) is 2.92. The van der Waals surface area contributed by atoms with E-state index in [1.807, 2.05) is 0 Å². The third-order valence-electron chi connectivity index (χ3n) is 4.20. The minimum absolute atomic E-state index is 0.210. The number of imidazole rings is 1. The first-order valence-electron chi connectivity index (χ1n) is 6.84. The second-order valence-corrected chi connectivity index (χ2v) is 5.67. The van der Waals surface area contributed by atoms with E-state index >= 15 is 0 Å². The topological polar surface area (TPSA) is 87.4 Å². The number of aromatic nitrogens is 2. The molecule has 4 atom stereocenters. The highest BCUT2D eigenvalue weighted by Crippen LogP contribution is 2.35. The van der Waals surface area contributed by atoms with E-state index in [0.717, 1.165) is 19.5 Å². The monoisotopic (exact) mass is 281 g/mol. The smallest absolute Gasteiger partial charge is 0.390 e. The molecular weight excluding hydrogens is 262 g/mol. The average Bonchev–Trinajstić information content (AvgIpc) is 2.84. The predicted octanol–water partition coefficient (Wildman–Crippen LogP) is -0.459. The summed E-state index contributed by atoms with van der Waals surface area (Å²) in [5, 5.41) is 20.9. The quantitative estimate of drug-likeness (QED) is 0.446. The number of hydrogen-bond donors (Lipinski definition) is 1. The molecule has 0 aromatic carbocycles. The summed E-state index contributed by atoms with van der Waals surface area (Å²) in [5.74, 6) is -0.216. The lowest BCUT2D eigenvalue weighted by atomic mass is 10.1. The maximum absolute atomic E-state index is 10.8. The van der Waals surface area contributed by atoms with Crippen LogP contribution < -0.4 is 0 Å². The van der Waals surface area contributed by atoms with Crippen LogP contribution in [0, 0.1) is 10.1 Å². The summed E-state index contributed by atoms with van der Waals surface area (Å²) < 4.78 is 1.39. The number of nitrogens with zero attached hydrogens (tertiary/aromatic N) is 5. The Balaban J connectivity index is 1.54. The Bertz CT molecular complexity index is 505. The number of aliphatic hydroxyl groups excluding tert-OH is 1. The molecule has 3 rings (SSSR count). The van der Waals surface area contributed by atoms with Crippen LogP contribution in [-0.2, 0) is 6.54 Å². The van der Waals surface area contributed by atoms with E-state index in [-0.39, 0.29) is 12.5 Å². The standard InChI is InChI=1S/C12H19N5O3/c1-14-4-2-10-11(8-14)16(10)7-9(18)6-15-5-3-13-12(15)17(19)20/h3,5,9-11,18H,2,4,6-8H2,1H3. The maximum atomic E-state index is 10.8. The fourth-order valence-electron chi connectivity index (χ4n) is 3.16. The van der Waals surface area contributed by atoms with Gasteiger partial charge >= 0.3 is 5.95 Å². The van der Waals surface area contributed by atoms with E-state index in [4.69, 9.17) is 0 Å². The fraction of sp³-hybridized carbons (Fsp3) is 0.750. The molecule has 2 aliphatic rings. The van der Waals surface area contributed by atoms with Gasteiger partial charge in [-0.05, 0) is 24.9 Å². The Hall–Kier alpha value is -1.51. The van der Waals surface area contributed by atoms with Crippen LogP contribution in [0.1, 0.15) is 6.42 Å². The highest BCUT2D eigenvalue weighted by molar-refractivity contribution is 5.09. The fourth-order valence-corrected chi connectivity index (χ4v) is 3.16. The van der Waals surface area contributed by atoms with Crippen LogP contribution in [0.3, 0.4) is 0 Å². The third kappa shape index (κ3) is 2.54. The SMILES string of the molecule is CN1CCC2C(C1)N2CC(O)Cn1ccnc1[N+](=O)[O-]. The molecule has 8 nitrogen and oxygen atoms in total. The second kappa shape index (κ2) is 5.12. The van der Waals surface area contributed by atoms with E-state index in [2.05, 4.69) is 21.8 Å². The lowest BCUT2D eigenvalue weighted by molar-refractivity contribution is -0.397. The summed E-state index contributed by atoms with van der Waals surface area (Å²) in [7, 11) is 2.11. The molecule has 1 N–H and O–H groups in total. The number of fused-ring (bicyclic) bond motifs is 1. The molecule has 2 aliphatic heterocycles. The summed E-state index contributed by atoms with van der Waals surface area (Å²) in [6, 6.07) is 1.12. The van der Waals surface area contributed by atoms with Gasteiger partial charge in [-0.3, -0.25) is 4.90 Å². The van der Waals surface area contributed by atoms with E-state index in [1.165, 1.54) is 17.0 Å². The highest BCUT2D eigenvalue weighted by atomic mass is 16.6. The molecule has 20 heavy (non-hydrogen) atoms. The molecule has 8 heteroatoms. The van der Waals surface area contributed by atoms with Crippen molar-refractivity contribution in [2.24, 2.45) is 0 Å². The van der Waals surface area contributed by atoms with Crippen LogP contribution in [0.25, 0.3) is 0 Å². The van der Waals surface area contributed by atoms with Crippen molar-refractivity contribution in [3.63, 3.8) is 0 Å². The lowest BCUT2D eigenvalue weighted by Crippen LogP contribution is -2.31. The van der Waals surface area contributed by atoms with Gasteiger partial charge in [-0.25, -0.2) is 4.57 Å². The molecule has 0 amide bonds. The Morgan fingerprint density at radius 1 is 1.55 bits per heavy atom. The van der Waals surface area contributed by atoms with Crippen LogP contribution in [0.2, 0.25) is 0 Å². The van der Waals surface area contributed by atoms with Crippen LogP contribution in [0.4, 0.5) is 5.95 Å². The maximum Gasteiger partial charge on any atom is 0.434 e. The third-order valence-corrected chi connectivity index (χ3v) is 4.20. The second-order valence-electron chi connectivity index (χ2n) is 5.67. The average molecular weight is 281 g/mol. The van der Waals surface area contributed by atoms with Gasteiger partial charge in [0, 0.05) is 25.2 Å². The highest BCUT2D eigenvalue weighted by Gasteiger charge is 2.50. The van der Waals surface area contributed by atoms with E-state index in [9.17, 15) is 15.2 Å². The van der Waals surface area contributed by atoms with Gasteiger partial charge in [0.25, 0.3) is 0 Å². The minimum atomic E-state index is -0.612. The molecule has 0 radical (unpaired) electrons. The molecule has 0 bridgehead atoms. The van der Waals surface area contributed by atoms with Gasteiger partial charge in [-0.2, -0.15) is 0 Å². The van der Waals surface area contributed by atoms with Crippen LogP contribution >= 0.6 is 0 Å². The van der Waals surface area contributed by atoms with E-state index < -0.39 is 11.0 Å². The van der Waals surface area contributed by atoms with Gasteiger partial charge in [0.1, 0.15) is 12.4 Å². The summed E-state index contributed by atoms with van der Waals surface area (Å²) in [4.78, 5) is 18.5. The molecule has 2 fully saturated rings. The zero-order chi connectivity index (χ0) is 14.3. The number of likely N-dealkylation sites (N-methyl/N-ethyl adjacent to an activating group) is 1. The summed E-state index contributed by atoms with van der Waals surface area (Å²) in [6.07, 6.45) is 3.44. The van der Waals surface area contributed by atoms with Crippen molar-refractivity contribution >= 4 is 5.95 Å². The normalized spacial score (nSPS) is 30.8. The molecule has 0 aliphatic carbocycles.